The van der Waals surface area contributed by atoms with Crippen LogP contribution in [0.3, 0.4) is 0 Å². The van der Waals surface area contributed by atoms with Crippen molar-refractivity contribution in [2.75, 3.05) is 5.32 Å². The van der Waals surface area contributed by atoms with Crippen molar-refractivity contribution in [1.82, 2.24) is 10.3 Å². The second-order valence-electron chi connectivity index (χ2n) is 7.02. The molecule has 0 bridgehead atoms. The zero-order valence-corrected chi connectivity index (χ0v) is 18.3. The molecule has 1 amide bonds. The number of carbonyl (C=O) groups excluding carboxylic acids is 1. The van der Waals surface area contributed by atoms with Crippen LogP contribution in [0.1, 0.15) is 41.4 Å². The van der Waals surface area contributed by atoms with Gasteiger partial charge >= 0.3 is 0 Å². The summed E-state index contributed by atoms with van der Waals surface area (Å²) in [6.07, 6.45) is 1.08. The number of fused-ring (bicyclic) bond motifs is 1. The molecule has 4 rings (SSSR count). The third-order valence-electron chi connectivity index (χ3n) is 4.95. The first-order valence-corrected chi connectivity index (χ1v) is 11.0. The van der Waals surface area contributed by atoms with Gasteiger partial charge in [0.2, 0.25) is 5.89 Å². The summed E-state index contributed by atoms with van der Waals surface area (Å²) in [6.45, 7) is 4.39. The van der Waals surface area contributed by atoms with Gasteiger partial charge in [0.15, 0.2) is 10.7 Å². The Hall–Kier alpha value is -3.03. The lowest BCUT2D eigenvalue weighted by Crippen LogP contribution is -2.33. The van der Waals surface area contributed by atoms with E-state index >= 15 is 0 Å². The summed E-state index contributed by atoms with van der Waals surface area (Å²) >= 11 is 6.60. The van der Waals surface area contributed by atoms with Gasteiger partial charge in [-0.05, 0) is 78.0 Å². The van der Waals surface area contributed by atoms with Crippen LogP contribution in [-0.2, 0) is 0 Å². The van der Waals surface area contributed by atoms with E-state index in [1.807, 2.05) is 41.8 Å². The van der Waals surface area contributed by atoms with Crippen LogP contribution in [0.4, 0.5) is 5.69 Å². The molecule has 2 aromatic carbocycles. The van der Waals surface area contributed by atoms with E-state index < -0.39 is 0 Å². The number of hydrogen-bond acceptors (Lipinski definition) is 5. The second kappa shape index (κ2) is 8.77. The molecule has 0 spiro atoms. The minimum atomic E-state index is -0.220. The molecule has 0 radical (unpaired) electrons. The predicted molar refractivity (Wildman–Crippen MR) is 126 cm³/mol. The monoisotopic (exact) mass is 435 g/mol. The molecule has 2 aromatic heterocycles. The summed E-state index contributed by atoms with van der Waals surface area (Å²) in [5.74, 6) is 0.845. The highest BCUT2D eigenvalue weighted by Gasteiger charge is 2.12. The summed E-state index contributed by atoms with van der Waals surface area (Å²) in [4.78, 5) is 17.3. The van der Waals surface area contributed by atoms with Crippen LogP contribution in [0.25, 0.3) is 22.6 Å². The molecule has 0 fully saturated rings. The Bertz CT molecular complexity index is 1180. The number of thiocarbonyl (C=S) groups is 1. The first-order valence-electron chi connectivity index (χ1n) is 9.70. The molecule has 5 nitrogen and oxygen atoms in total. The number of anilines is 1. The van der Waals surface area contributed by atoms with Gasteiger partial charge in [-0.2, -0.15) is 0 Å². The summed E-state index contributed by atoms with van der Waals surface area (Å²) in [5, 5.41) is 7.79. The second-order valence-corrected chi connectivity index (χ2v) is 8.37. The van der Waals surface area contributed by atoms with E-state index in [4.69, 9.17) is 16.6 Å². The van der Waals surface area contributed by atoms with Crippen LogP contribution in [-0.4, -0.2) is 16.0 Å². The molecule has 0 saturated carbocycles. The van der Waals surface area contributed by atoms with Gasteiger partial charge in [-0.15, -0.1) is 11.3 Å². The van der Waals surface area contributed by atoms with Gasteiger partial charge in [0.1, 0.15) is 5.52 Å². The maximum Gasteiger partial charge on any atom is 0.267 e. The summed E-state index contributed by atoms with van der Waals surface area (Å²) in [6, 6.07) is 17.3. The van der Waals surface area contributed by atoms with Gasteiger partial charge < -0.3 is 9.73 Å². The number of carbonyl (C=O) groups is 1. The zero-order chi connectivity index (χ0) is 21.1. The summed E-state index contributed by atoms with van der Waals surface area (Å²) in [7, 11) is 0. The first-order chi connectivity index (χ1) is 14.5. The number of thiophene rings is 1. The van der Waals surface area contributed by atoms with E-state index in [2.05, 4.69) is 41.6 Å². The fraction of sp³-hybridized carbons (Fsp3) is 0.174. The van der Waals surface area contributed by atoms with Crippen LogP contribution < -0.4 is 10.6 Å². The first kappa shape index (κ1) is 20.3. The Labute approximate surface area is 184 Å². The quantitative estimate of drug-likeness (QED) is 0.366. The molecule has 2 N–H and O–H groups in total. The van der Waals surface area contributed by atoms with Crippen molar-refractivity contribution in [3.63, 3.8) is 0 Å². The zero-order valence-electron chi connectivity index (χ0n) is 16.6. The lowest BCUT2D eigenvalue weighted by atomic mass is 9.98. The van der Waals surface area contributed by atoms with Crippen molar-refractivity contribution in [3.05, 3.63) is 70.4 Å². The Balaban J connectivity index is 1.45. The van der Waals surface area contributed by atoms with Crippen LogP contribution in [0.15, 0.2) is 64.4 Å². The number of aromatic nitrogens is 1. The number of hydrogen-bond donors (Lipinski definition) is 2. The van der Waals surface area contributed by atoms with Gasteiger partial charge in [-0.1, -0.05) is 26.0 Å². The average Bonchev–Trinajstić information content (AvgIpc) is 3.43. The van der Waals surface area contributed by atoms with Gasteiger partial charge in [-0.3, -0.25) is 10.1 Å². The van der Waals surface area contributed by atoms with Gasteiger partial charge in [0, 0.05) is 11.3 Å². The fourth-order valence-electron chi connectivity index (χ4n) is 3.04. The number of amides is 1. The van der Waals surface area contributed by atoms with Crippen molar-refractivity contribution < 1.29 is 9.21 Å². The highest BCUT2D eigenvalue weighted by Crippen LogP contribution is 2.28. The SMILES string of the molecule is CC[C@H](C)c1ccc2oc(-c3ccc(NC(=S)NC(=O)c4cccs4)cc3)nc2c1. The fourth-order valence-corrected chi connectivity index (χ4v) is 3.87. The largest absolute Gasteiger partial charge is 0.436 e. The minimum Gasteiger partial charge on any atom is -0.436 e. The molecular weight excluding hydrogens is 414 g/mol. The number of oxazole rings is 1. The third kappa shape index (κ3) is 4.42. The molecule has 4 aromatic rings. The maximum absolute atomic E-state index is 12.1. The van der Waals surface area contributed by atoms with Gasteiger partial charge in [0.25, 0.3) is 5.91 Å². The van der Waals surface area contributed by atoms with Crippen LogP contribution in [0.2, 0.25) is 0 Å². The van der Waals surface area contributed by atoms with E-state index in [1.165, 1.54) is 16.9 Å². The predicted octanol–water partition coefficient (Wildman–Crippen LogP) is 6.20. The highest BCUT2D eigenvalue weighted by atomic mass is 32.1. The van der Waals surface area contributed by atoms with Crippen molar-refractivity contribution >= 4 is 51.4 Å². The Kier molecular flexibility index (Phi) is 5.92. The number of benzene rings is 2. The molecule has 0 aliphatic rings. The Morgan fingerprint density at radius 2 is 2.00 bits per heavy atom. The molecule has 7 heteroatoms. The molecular formula is C23H21N3O2S2. The lowest BCUT2D eigenvalue weighted by Gasteiger charge is -2.09. The molecule has 0 unspecified atom stereocenters. The minimum absolute atomic E-state index is 0.220. The smallest absolute Gasteiger partial charge is 0.267 e. The van der Waals surface area contributed by atoms with E-state index in [1.54, 1.807) is 6.07 Å². The van der Waals surface area contributed by atoms with Gasteiger partial charge in [-0.25, -0.2) is 4.98 Å². The summed E-state index contributed by atoms with van der Waals surface area (Å²) in [5.41, 5.74) is 4.54. The average molecular weight is 436 g/mol. The number of rotatable bonds is 5. The molecule has 0 aliphatic heterocycles. The van der Waals surface area contributed by atoms with Crippen molar-refractivity contribution in [2.24, 2.45) is 0 Å². The number of nitrogens with one attached hydrogen (secondary N) is 2. The van der Waals surface area contributed by atoms with Crippen LogP contribution in [0.5, 0.6) is 0 Å². The molecule has 0 saturated heterocycles. The van der Waals surface area contributed by atoms with Gasteiger partial charge in [0.05, 0.1) is 4.88 Å². The molecule has 152 valence electrons. The normalized spacial score (nSPS) is 11.9. The number of nitrogens with zero attached hydrogens (tertiary/aromatic N) is 1. The standard InChI is InChI=1S/C23H21N3O2S2/c1-3-14(2)16-8-11-19-18(13-16)25-22(28-19)15-6-9-17(10-7-15)24-23(29)26-21(27)20-5-4-12-30-20/h4-14H,3H2,1-2H3,(H2,24,26,27,29)/t14-/m0/s1. The topological polar surface area (TPSA) is 67.2 Å². The highest BCUT2D eigenvalue weighted by molar-refractivity contribution is 7.80. The van der Waals surface area contributed by atoms with Crippen LogP contribution >= 0.6 is 23.6 Å². The molecule has 1 atom stereocenters. The Morgan fingerprint density at radius 1 is 1.20 bits per heavy atom. The molecule has 2 heterocycles. The van der Waals surface area contributed by atoms with E-state index in [0.717, 1.165) is 28.8 Å². The van der Waals surface area contributed by atoms with Crippen molar-refractivity contribution in [2.45, 2.75) is 26.2 Å². The summed E-state index contributed by atoms with van der Waals surface area (Å²) < 4.78 is 5.92. The van der Waals surface area contributed by atoms with E-state index in [9.17, 15) is 4.79 Å². The van der Waals surface area contributed by atoms with Crippen molar-refractivity contribution in [3.8, 4) is 11.5 Å². The van der Waals surface area contributed by atoms with Crippen molar-refractivity contribution in [1.29, 1.82) is 0 Å². The Morgan fingerprint density at radius 3 is 2.70 bits per heavy atom. The van der Waals surface area contributed by atoms with E-state index in [-0.39, 0.29) is 11.0 Å². The molecule has 30 heavy (non-hydrogen) atoms. The third-order valence-corrected chi connectivity index (χ3v) is 6.03. The van der Waals surface area contributed by atoms with Crippen LogP contribution in [0, 0.1) is 0 Å². The van der Waals surface area contributed by atoms with E-state index in [0.29, 0.717) is 16.7 Å². The lowest BCUT2D eigenvalue weighted by molar-refractivity contribution is 0.0981. The maximum atomic E-state index is 12.1. The molecule has 0 aliphatic carbocycles.